The van der Waals surface area contributed by atoms with Gasteiger partial charge in [0.1, 0.15) is 0 Å². The molecule has 1 aromatic rings. The van der Waals surface area contributed by atoms with Gasteiger partial charge in [0.15, 0.2) is 0 Å². The molecule has 1 rings (SSSR count). The summed E-state index contributed by atoms with van der Waals surface area (Å²) in [6, 6.07) is 10.7. The molecule has 3 nitrogen and oxygen atoms in total. The Balaban J connectivity index is 2.61. The van der Waals surface area contributed by atoms with Crippen molar-refractivity contribution < 1.29 is 9.84 Å². The van der Waals surface area contributed by atoms with E-state index in [1.807, 2.05) is 13.1 Å². The molecule has 0 aromatic heterocycles. The van der Waals surface area contributed by atoms with Gasteiger partial charge in [-0.25, -0.2) is 0 Å². The quantitative estimate of drug-likeness (QED) is 0.788. The summed E-state index contributed by atoms with van der Waals surface area (Å²) in [6.07, 6.45) is 0.600. The molecule has 17 heavy (non-hydrogen) atoms. The Morgan fingerprint density at radius 2 is 1.94 bits per heavy atom. The van der Waals surface area contributed by atoms with Crippen LogP contribution in [0.15, 0.2) is 30.3 Å². The number of aliphatic hydroxyl groups excluding tert-OH is 1. The lowest BCUT2D eigenvalue weighted by atomic mass is 10.0. The number of ether oxygens (including phenoxy) is 1. The van der Waals surface area contributed by atoms with Gasteiger partial charge in [0, 0.05) is 19.7 Å². The zero-order valence-corrected chi connectivity index (χ0v) is 11.0. The van der Waals surface area contributed by atoms with Crippen LogP contribution in [0.5, 0.6) is 0 Å². The molecule has 0 radical (unpaired) electrons. The van der Waals surface area contributed by atoms with E-state index in [-0.39, 0.29) is 0 Å². The minimum atomic E-state index is -0.428. The molecular formula is C14H23NO2. The highest BCUT2D eigenvalue weighted by Crippen LogP contribution is 2.22. The highest BCUT2D eigenvalue weighted by atomic mass is 16.5. The Morgan fingerprint density at radius 3 is 2.47 bits per heavy atom. The van der Waals surface area contributed by atoms with Crippen molar-refractivity contribution in [3.63, 3.8) is 0 Å². The van der Waals surface area contributed by atoms with Crippen LogP contribution in [0, 0.1) is 0 Å². The molecule has 3 heteroatoms. The van der Waals surface area contributed by atoms with E-state index in [0.717, 1.165) is 6.42 Å². The van der Waals surface area contributed by atoms with E-state index in [1.165, 1.54) is 5.56 Å². The standard InChI is InChI=1S/C14H23NO2/c1-4-14(12-8-6-5-7-9-12)15(2)10-13(16)11-17-3/h5-9,13-14,16H,4,10-11H2,1-3H3. The minimum absolute atomic E-state index is 0.350. The van der Waals surface area contributed by atoms with Crippen LogP contribution in [0.2, 0.25) is 0 Å². The first-order chi connectivity index (χ1) is 8.19. The maximum atomic E-state index is 9.74. The van der Waals surface area contributed by atoms with Gasteiger partial charge in [-0.15, -0.1) is 0 Å². The van der Waals surface area contributed by atoms with Gasteiger partial charge < -0.3 is 9.84 Å². The van der Waals surface area contributed by atoms with Crippen molar-refractivity contribution in [1.82, 2.24) is 4.90 Å². The van der Waals surface area contributed by atoms with Gasteiger partial charge >= 0.3 is 0 Å². The number of methoxy groups -OCH3 is 1. The van der Waals surface area contributed by atoms with E-state index in [1.54, 1.807) is 7.11 Å². The fraction of sp³-hybridized carbons (Fsp3) is 0.571. The van der Waals surface area contributed by atoms with E-state index in [4.69, 9.17) is 4.74 Å². The molecule has 0 spiro atoms. The third-order valence-electron chi connectivity index (χ3n) is 2.96. The van der Waals surface area contributed by atoms with Gasteiger partial charge in [0.25, 0.3) is 0 Å². The summed E-state index contributed by atoms with van der Waals surface area (Å²) in [6.45, 7) is 3.17. The van der Waals surface area contributed by atoms with Crippen LogP contribution in [0.1, 0.15) is 24.9 Å². The average Bonchev–Trinajstić information content (AvgIpc) is 2.31. The predicted octanol–water partition coefficient (Wildman–Crippen LogP) is 2.08. The number of benzene rings is 1. The summed E-state index contributed by atoms with van der Waals surface area (Å²) in [4.78, 5) is 2.18. The molecule has 0 amide bonds. The summed E-state index contributed by atoms with van der Waals surface area (Å²) >= 11 is 0. The van der Waals surface area contributed by atoms with Crippen molar-refractivity contribution in [3.8, 4) is 0 Å². The first kappa shape index (κ1) is 14.2. The summed E-state index contributed by atoms with van der Waals surface area (Å²) in [5, 5.41) is 9.74. The molecule has 0 aliphatic heterocycles. The third kappa shape index (κ3) is 4.46. The maximum Gasteiger partial charge on any atom is 0.0900 e. The summed E-state index contributed by atoms with van der Waals surface area (Å²) in [5.41, 5.74) is 1.29. The SMILES string of the molecule is CCC(c1ccccc1)N(C)CC(O)COC. The van der Waals surface area contributed by atoms with Gasteiger partial charge in [-0.2, -0.15) is 0 Å². The van der Waals surface area contributed by atoms with Crippen LogP contribution in [-0.4, -0.2) is 43.4 Å². The summed E-state index contributed by atoms with van der Waals surface area (Å²) in [5.74, 6) is 0. The fourth-order valence-electron chi connectivity index (χ4n) is 2.18. The second-order valence-corrected chi connectivity index (χ2v) is 4.38. The van der Waals surface area contributed by atoms with E-state index in [2.05, 4.69) is 36.1 Å². The van der Waals surface area contributed by atoms with Crippen LogP contribution in [0.25, 0.3) is 0 Å². The molecule has 2 atom stereocenters. The van der Waals surface area contributed by atoms with Gasteiger partial charge in [0.2, 0.25) is 0 Å². The van der Waals surface area contributed by atoms with Crippen LogP contribution in [0.4, 0.5) is 0 Å². The second-order valence-electron chi connectivity index (χ2n) is 4.38. The number of hydrogen-bond donors (Lipinski definition) is 1. The van der Waals surface area contributed by atoms with Gasteiger partial charge in [-0.05, 0) is 19.0 Å². The Bertz CT molecular complexity index is 302. The lowest BCUT2D eigenvalue weighted by Crippen LogP contribution is -2.34. The number of aliphatic hydroxyl groups is 1. The molecule has 0 saturated heterocycles. The molecule has 1 N–H and O–H groups in total. The van der Waals surface area contributed by atoms with Crippen molar-refractivity contribution in [2.24, 2.45) is 0 Å². The predicted molar refractivity (Wildman–Crippen MR) is 70.0 cm³/mol. The van der Waals surface area contributed by atoms with Crippen LogP contribution >= 0.6 is 0 Å². The van der Waals surface area contributed by atoms with Crippen molar-refractivity contribution in [2.45, 2.75) is 25.5 Å². The van der Waals surface area contributed by atoms with E-state index >= 15 is 0 Å². The topological polar surface area (TPSA) is 32.7 Å². The molecule has 0 heterocycles. The molecule has 96 valence electrons. The first-order valence-corrected chi connectivity index (χ1v) is 6.11. The van der Waals surface area contributed by atoms with Crippen LogP contribution in [-0.2, 0) is 4.74 Å². The maximum absolute atomic E-state index is 9.74. The molecule has 1 aromatic carbocycles. The molecule has 2 unspecified atom stereocenters. The van der Waals surface area contributed by atoms with Crippen molar-refractivity contribution in [1.29, 1.82) is 0 Å². The molecule has 0 aliphatic carbocycles. The fourth-order valence-corrected chi connectivity index (χ4v) is 2.18. The summed E-state index contributed by atoms with van der Waals surface area (Å²) < 4.78 is 4.95. The highest BCUT2D eigenvalue weighted by molar-refractivity contribution is 5.18. The van der Waals surface area contributed by atoms with Crippen molar-refractivity contribution in [3.05, 3.63) is 35.9 Å². The normalized spacial score (nSPS) is 14.9. The third-order valence-corrected chi connectivity index (χ3v) is 2.96. The molecule has 0 aliphatic rings. The number of rotatable bonds is 7. The average molecular weight is 237 g/mol. The zero-order chi connectivity index (χ0) is 12.7. The van der Waals surface area contributed by atoms with Gasteiger partial charge in [-0.3, -0.25) is 4.90 Å². The largest absolute Gasteiger partial charge is 0.389 e. The first-order valence-electron chi connectivity index (χ1n) is 6.11. The van der Waals surface area contributed by atoms with Crippen LogP contribution < -0.4 is 0 Å². The molecule has 0 fully saturated rings. The Labute approximate surface area is 104 Å². The van der Waals surface area contributed by atoms with Gasteiger partial charge in [0.05, 0.1) is 12.7 Å². The van der Waals surface area contributed by atoms with Crippen molar-refractivity contribution in [2.75, 3.05) is 27.3 Å². The zero-order valence-electron chi connectivity index (χ0n) is 11.0. The molecule has 0 bridgehead atoms. The Morgan fingerprint density at radius 1 is 1.29 bits per heavy atom. The lowest BCUT2D eigenvalue weighted by molar-refractivity contribution is 0.0335. The Kier molecular flexibility index (Phi) is 6.19. The Hall–Kier alpha value is -0.900. The molecule has 0 saturated carbocycles. The monoisotopic (exact) mass is 237 g/mol. The summed E-state index contributed by atoms with van der Waals surface area (Å²) in [7, 11) is 3.65. The number of nitrogens with zero attached hydrogens (tertiary/aromatic N) is 1. The second kappa shape index (κ2) is 7.43. The van der Waals surface area contributed by atoms with E-state index in [0.29, 0.717) is 19.2 Å². The highest BCUT2D eigenvalue weighted by Gasteiger charge is 2.17. The number of likely N-dealkylation sites (N-methyl/N-ethyl adjacent to an activating group) is 1. The number of hydrogen-bond acceptors (Lipinski definition) is 3. The smallest absolute Gasteiger partial charge is 0.0900 e. The lowest BCUT2D eigenvalue weighted by Gasteiger charge is -2.29. The van der Waals surface area contributed by atoms with Crippen molar-refractivity contribution >= 4 is 0 Å². The van der Waals surface area contributed by atoms with E-state index < -0.39 is 6.10 Å². The van der Waals surface area contributed by atoms with E-state index in [9.17, 15) is 5.11 Å². The van der Waals surface area contributed by atoms with Gasteiger partial charge in [-0.1, -0.05) is 37.3 Å². The molecular weight excluding hydrogens is 214 g/mol. The minimum Gasteiger partial charge on any atom is -0.389 e. The van der Waals surface area contributed by atoms with Crippen LogP contribution in [0.3, 0.4) is 0 Å².